The molecule has 1 heterocycles. The molecular weight excluding hydrogens is 170 g/mol. The van der Waals surface area contributed by atoms with Crippen LogP contribution < -0.4 is 10.6 Å². The van der Waals surface area contributed by atoms with Crippen LogP contribution in [0.2, 0.25) is 0 Å². The summed E-state index contributed by atoms with van der Waals surface area (Å²) < 4.78 is 4.52. The highest BCUT2D eigenvalue weighted by atomic mass is 16.5. The van der Waals surface area contributed by atoms with E-state index in [2.05, 4.69) is 26.2 Å². The molecule has 0 spiro atoms. The molecule has 5 nitrogen and oxygen atoms in total. The third kappa shape index (κ3) is 3.40. The molecule has 0 aliphatic heterocycles. The zero-order chi connectivity index (χ0) is 9.52. The third-order valence-corrected chi connectivity index (χ3v) is 1.23. The predicted molar refractivity (Wildman–Crippen MR) is 46.8 cm³/mol. The number of aromatic nitrogens is 1. The number of nitrogens with zero attached hydrogens (tertiary/aromatic N) is 1. The lowest BCUT2D eigenvalue weighted by Gasteiger charge is -2.00. The van der Waals surface area contributed by atoms with Gasteiger partial charge in [-0.25, -0.2) is 0 Å². The van der Waals surface area contributed by atoms with Crippen LogP contribution in [0.25, 0.3) is 0 Å². The van der Waals surface area contributed by atoms with Gasteiger partial charge < -0.3 is 9.84 Å². The van der Waals surface area contributed by atoms with Gasteiger partial charge in [0, 0.05) is 0 Å². The first-order valence-corrected chi connectivity index (χ1v) is 3.66. The van der Waals surface area contributed by atoms with Crippen LogP contribution in [0.3, 0.4) is 0 Å². The summed E-state index contributed by atoms with van der Waals surface area (Å²) in [5.74, 6) is 2.18. The highest BCUT2D eigenvalue weighted by molar-refractivity contribution is 5.91. The van der Waals surface area contributed by atoms with Crippen molar-refractivity contribution in [1.82, 2.24) is 10.5 Å². The Morgan fingerprint density at radius 1 is 1.77 bits per heavy atom. The van der Waals surface area contributed by atoms with Crippen molar-refractivity contribution in [3.8, 4) is 12.3 Å². The van der Waals surface area contributed by atoms with Crippen LogP contribution >= 0.6 is 0 Å². The minimum atomic E-state index is -0.182. The van der Waals surface area contributed by atoms with E-state index < -0.39 is 0 Å². The highest BCUT2D eigenvalue weighted by Crippen LogP contribution is 2.01. The van der Waals surface area contributed by atoms with Gasteiger partial charge in [0.25, 0.3) is 0 Å². The number of nitrogens with one attached hydrogen (secondary N) is 2. The van der Waals surface area contributed by atoms with Crippen molar-refractivity contribution in [2.75, 3.05) is 18.4 Å². The third-order valence-electron chi connectivity index (χ3n) is 1.23. The first-order valence-electron chi connectivity index (χ1n) is 3.66. The lowest BCUT2D eigenvalue weighted by Crippen LogP contribution is -2.28. The summed E-state index contributed by atoms with van der Waals surface area (Å²) in [5, 5.41) is 8.73. The maximum absolute atomic E-state index is 11.1. The van der Waals surface area contributed by atoms with E-state index in [1.807, 2.05) is 0 Å². The SMILES string of the molecule is C#CCNCC(=O)Nc1cnoc1. The molecule has 1 amide bonds. The smallest absolute Gasteiger partial charge is 0.238 e. The molecule has 0 aliphatic carbocycles. The monoisotopic (exact) mass is 179 g/mol. The number of hydrogen-bond acceptors (Lipinski definition) is 4. The standard InChI is InChI=1S/C8H9N3O2/c1-2-3-9-5-8(12)11-7-4-10-13-6-7/h1,4,6,9H,3,5H2,(H,11,12). The van der Waals surface area contributed by atoms with Crippen LogP contribution in [0, 0.1) is 12.3 Å². The summed E-state index contributed by atoms with van der Waals surface area (Å²) in [6.45, 7) is 0.548. The molecule has 0 bridgehead atoms. The summed E-state index contributed by atoms with van der Waals surface area (Å²) in [4.78, 5) is 11.1. The summed E-state index contributed by atoms with van der Waals surface area (Å²) >= 11 is 0. The van der Waals surface area contributed by atoms with Crippen LogP contribution in [0.4, 0.5) is 5.69 Å². The van der Waals surface area contributed by atoms with Gasteiger partial charge >= 0.3 is 0 Å². The lowest BCUT2D eigenvalue weighted by atomic mass is 10.5. The Bertz CT molecular complexity index is 300. The van der Waals surface area contributed by atoms with E-state index in [0.717, 1.165) is 0 Å². The van der Waals surface area contributed by atoms with Crippen molar-refractivity contribution in [2.24, 2.45) is 0 Å². The van der Waals surface area contributed by atoms with E-state index in [9.17, 15) is 4.79 Å². The van der Waals surface area contributed by atoms with Gasteiger partial charge in [0.05, 0.1) is 19.3 Å². The second kappa shape index (κ2) is 4.95. The van der Waals surface area contributed by atoms with Gasteiger partial charge in [0.2, 0.25) is 5.91 Å². The largest absolute Gasteiger partial charge is 0.363 e. The van der Waals surface area contributed by atoms with Gasteiger partial charge in [-0.3, -0.25) is 10.1 Å². The Labute approximate surface area is 75.5 Å². The summed E-state index contributed by atoms with van der Waals surface area (Å²) in [7, 11) is 0. The molecule has 1 rings (SSSR count). The van der Waals surface area contributed by atoms with E-state index in [0.29, 0.717) is 12.2 Å². The van der Waals surface area contributed by atoms with Crippen molar-refractivity contribution in [2.45, 2.75) is 0 Å². The second-order valence-corrected chi connectivity index (χ2v) is 2.27. The van der Waals surface area contributed by atoms with Crippen LogP contribution in [0.1, 0.15) is 0 Å². The summed E-state index contributed by atoms with van der Waals surface area (Å²) in [6.07, 6.45) is 7.74. The number of amides is 1. The number of hydrogen-bond donors (Lipinski definition) is 2. The molecule has 2 N–H and O–H groups in total. The van der Waals surface area contributed by atoms with Crippen LogP contribution in [-0.4, -0.2) is 24.2 Å². The fraction of sp³-hybridized carbons (Fsp3) is 0.250. The van der Waals surface area contributed by atoms with Crippen molar-refractivity contribution in [3.63, 3.8) is 0 Å². The molecule has 68 valence electrons. The number of carbonyl (C=O) groups excluding carboxylic acids is 1. The Kier molecular flexibility index (Phi) is 3.54. The van der Waals surface area contributed by atoms with Crippen molar-refractivity contribution < 1.29 is 9.32 Å². The molecule has 0 saturated heterocycles. The van der Waals surface area contributed by atoms with Crippen molar-refractivity contribution in [3.05, 3.63) is 12.5 Å². The molecule has 1 aromatic rings. The van der Waals surface area contributed by atoms with Gasteiger partial charge in [-0.1, -0.05) is 11.1 Å². The fourth-order valence-corrected chi connectivity index (χ4v) is 0.720. The molecule has 0 unspecified atom stereocenters. The van der Waals surface area contributed by atoms with Gasteiger partial charge in [-0.2, -0.15) is 0 Å². The molecular formula is C8H9N3O2. The molecule has 0 aromatic carbocycles. The molecule has 1 aromatic heterocycles. The predicted octanol–water partition coefficient (Wildman–Crippen LogP) is -0.164. The first kappa shape index (κ1) is 9.29. The summed E-state index contributed by atoms with van der Waals surface area (Å²) in [5.41, 5.74) is 0.535. The van der Waals surface area contributed by atoms with Crippen molar-refractivity contribution >= 4 is 11.6 Å². The highest BCUT2D eigenvalue weighted by Gasteiger charge is 2.01. The fourth-order valence-electron chi connectivity index (χ4n) is 0.720. The molecule has 13 heavy (non-hydrogen) atoms. The molecule has 5 heteroatoms. The van der Waals surface area contributed by atoms with Gasteiger partial charge in [0.1, 0.15) is 12.0 Å². The Morgan fingerprint density at radius 2 is 2.62 bits per heavy atom. The van der Waals surface area contributed by atoms with Crippen LogP contribution in [0.5, 0.6) is 0 Å². The van der Waals surface area contributed by atoms with Crippen LogP contribution in [-0.2, 0) is 4.79 Å². The molecule has 0 aliphatic rings. The van der Waals surface area contributed by atoms with E-state index >= 15 is 0 Å². The zero-order valence-electron chi connectivity index (χ0n) is 6.91. The van der Waals surface area contributed by atoms with E-state index in [1.165, 1.54) is 12.5 Å². The lowest BCUT2D eigenvalue weighted by molar-refractivity contribution is -0.115. The molecule has 0 fully saturated rings. The number of carbonyl (C=O) groups is 1. The number of terminal acetylenes is 1. The minimum absolute atomic E-state index is 0.176. The van der Waals surface area contributed by atoms with Gasteiger partial charge in [-0.15, -0.1) is 6.42 Å². The second-order valence-electron chi connectivity index (χ2n) is 2.27. The van der Waals surface area contributed by atoms with Crippen molar-refractivity contribution in [1.29, 1.82) is 0 Å². The van der Waals surface area contributed by atoms with E-state index in [1.54, 1.807) is 0 Å². The van der Waals surface area contributed by atoms with E-state index in [4.69, 9.17) is 6.42 Å². The average Bonchev–Trinajstić information content (AvgIpc) is 2.57. The minimum Gasteiger partial charge on any atom is -0.363 e. The Balaban J connectivity index is 2.23. The van der Waals surface area contributed by atoms with Crippen LogP contribution in [0.15, 0.2) is 17.0 Å². The summed E-state index contributed by atoms with van der Waals surface area (Å²) in [6, 6.07) is 0. The number of anilines is 1. The topological polar surface area (TPSA) is 67.2 Å². The molecule has 0 radical (unpaired) electrons. The normalized spacial score (nSPS) is 9.15. The molecule has 0 saturated carbocycles. The van der Waals surface area contributed by atoms with Gasteiger partial charge in [0.15, 0.2) is 0 Å². The Hall–Kier alpha value is -1.80. The zero-order valence-corrected chi connectivity index (χ0v) is 6.91. The van der Waals surface area contributed by atoms with Gasteiger partial charge in [-0.05, 0) is 0 Å². The maximum Gasteiger partial charge on any atom is 0.238 e. The first-order chi connectivity index (χ1) is 6.33. The quantitative estimate of drug-likeness (QED) is 0.497. The average molecular weight is 179 g/mol. The molecule has 0 atom stereocenters. The Morgan fingerprint density at radius 3 is 3.23 bits per heavy atom. The van der Waals surface area contributed by atoms with E-state index in [-0.39, 0.29) is 12.5 Å². The number of rotatable bonds is 4. The maximum atomic E-state index is 11.1.